The molecule has 88 valence electrons. The molecule has 0 aliphatic heterocycles. The molecule has 4 nitrogen and oxygen atoms in total. The number of aliphatic carboxylic acids is 1. The largest absolute Gasteiger partial charge is 0.494 e. The second-order valence-corrected chi connectivity index (χ2v) is 3.19. The van der Waals surface area contributed by atoms with Gasteiger partial charge in [0.1, 0.15) is 11.9 Å². The molecule has 0 bridgehead atoms. The third kappa shape index (κ3) is 2.93. The molecule has 0 saturated heterocycles. The number of ether oxygens (including phenoxy) is 1. The molecule has 5 heteroatoms. The van der Waals surface area contributed by atoms with Crippen LogP contribution in [0, 0.1) is 0 Å². The maximum atomic E-state index is 13.0. The lowest BCUT2D eigenvalue weighted by molar-refractivity contribution is -0.147. The van der Waals surface area contributed by atoms with Crippen LogP contribution in [0.2, 0.25) is 0 Å². The number of carbonyl (C=O) groups is 1. The molecule has 1 aromatic carbocycles. The molecule has 0 heterocycles. The number of benzene rings is 1. The summed E-state index contributed by atoms with van der Waals surface area (Å²) in [6.45, 7) is 2.23. The van der Waals surface area contributed by atoms with E-state index in [-0.39, 0.29) is 5.56 Å². The predicted octanol–water partition coefficient (Wildman–Crippen LogP) is 1.54. The summed E-state index contributed by atoms with van der Waals surface area (Å²) in [6.07, 6.45) is -4.02. The van der Waals surface area contributed by atoms with Crippen molar-refractivity contribution in [2.24, 2.45) is 0 Å². The van der Waals surface area contributed by atoms with Crippen molar-refractivity contribution in [2.45, 2.75) is 19.2 Å². The Balaban J connectivity index is 2.86. The summed E-state index contributed by atoms with van der Waals surface area (Å²) in [6, 6.07) is 6.08. The van der Waals surface area contributed by atoms with E-state index in [4.69, 9.17) is 9.84 Å². The van der Waals surface area contributed by atoms with Crippen molar-refractivity contribution in [2.75, 3.05) is 6.61 Å². The van der Waals surface area contributed by atoms with Gasteiger partial charge in [-0.05, 0) is 24.6 Å². The number of halogens is 1. The van der Waals surface area contributed by atoms with Gasteiger partial charge >= 0.3 is 5.97 Å². The first-order valence-electron chi connectivity index (χ1n) is 4.84. The third-order valence-corrected chi connectivity index (χ3v) is 2.02. The van der Waals surface area contributed by atoms with Crippen molar-refractivity contribution in [3.63, 3.8) is 0 Å². The molecule has 0 aliphatic rings. The fraction of sp³-hybridized carbons (Fsp3) is 0.364. The van der Waals surface area contributed by atoms with Crippen molar-refractivity contribution in [3.05, 3.63) is 29.8 Å². The van der Waals surface area contributed by atoms with E-state index in [0.717, 1.165) is 0 Å². The van der Waals surface area contributed by atoms with Crippen molar-refractivity contribution in [3.8, 4) is 5.75 Å². The van der Waals surface area contributed by atoms with Gasteiger partial charge in [-0.15, -0.1) is 0 Å². The fourth-order valence-electron chi connectivity index (χ4n) is 1.26. The van der Waals surface area contributed by atoms with E-state index in [1.54, 1.807) is 19.1 Å². The van der Waals surface area contributed by atoms with Gasteiger partial charge in [0.25, 0.3) is 0 Å². The van der Waals surface area contributed by atoms with Crippen molar-refractivity contribution in [1.29, 1.82) is 0 Å². The number of carboxylic acids is 1. The zero-order chi connectivity index (χ0) is 12.1. The first-order valence-corrected chi connectivity index (χ1v) is 4.84. The second-order valence-electron chi connectivity index (χ2n) is 3.19. The van der Waals surface area contributed by atoms with E-state index >= 15 is 0 Å². The zero-order valence-electron chi connectivity index (χ0n) is 8.76. The smallest absolute Gasteiger partial charge is 0.341 e. The molecular formula is C11H13FO4. The molecule has 0 spiro atoms. The van der Waals surface area contributed by atoms with Gasteiger partial charge in [-0.3, -0.25) is 0 Å². The highest BCUT2D eigenvalue weighted by Gasteiger charge is 2.27. The summed E-state index contributed by atoms with van der Waals surface area (Å²) < 4.78 is 18.2. The van der Waals surface area contributed by atoms with Gasteiger partial charge in [-0.1, -0.05) is 12.1 Å². The lowest BCUT2D eigenvalue weighted by atomic mass is 10.1. The third-order valence-electron chi connectivity index (χ3n) is 2.02. The Labute approximate surface area is 92.3 Å². The van der Waals surface area contributed by atoms with Gasteiger partial charge in [0.15, 0.2) is 0 Å². The monoisotopic (exact) mass is 228 g/mol. The highest BCUT2D eigenvalue weighted by Crippen LogP contribution is 2.23. The molecule has 1 rings (SSSR count). The normalized spacial score (nSPS) is 14.2. The summed E-state index contributed by atoms with van der Waals surface area (Å²) >= 11 is 0. The quantitative estimate of drug-likeness (QED) is 0.802. The van der Waals surface area contributed by atoms with E-state index in [2.05, 4.69) is 0 Å². The van der Waals surface area contributed by atoms with Crippen LogP contribution in [0.5, 0.6) is 5.75 Å². The molecule has 16 heavy (non-hydrogen) atoms. The Hall–Kier alpha value is -1.62. The number of alkyl halides is 1. The van der Waals surface area contributed by atoms with Gasteiger partial charge in [0.05, 0.1) is 6.61 Å². The standard InChI is InChI=1S/C11H13FO4/c1-2-16-8-5-3-4-7(6-8)10(13)9(12)11(14)15/h3-6,9-10,13H,2H2,1H3,(H,14,15). The summed E-state index contributed by atoms with van der Waals surface area (Å²) in [5.41, 5.74) is 0.181. The fourth-order valence-corrected chi connectivity index (χ4v) is 1.26. The van der Waals surface area contributed by atoms with Crippen LogP contribution in [-0.2, 0) is 4.79 Å². The topological polar surface area (TPSA) is 66.8 Å². The molecule has 0 saturated carbocycles. The van der Waals surface area contributed by atoms with Crippen molar-refractivity contribution in [1.82, 2.24) is 0 Å². The maximum absolute atomic E-state index is 13.0. The van der Waals surface area contributed by atoms with Gasteiger partial charge in [0.2, 0.25) is 6.17 Å². The number of aliphatic hydroxyl groups excluding tert-OH is 1. The maximum Gasteiger partial charge on any atom is 0.341 e. The van der Waals surface area contributed by atoms with Crippen molar-refractivity contribution >= 4 is 5.97 Å². The highest BCUT2D eigenvalue weighted by molar-refractivity contribution is 5.73. The Morgan fingerprint density at radius 1 is 1.56 bits per heavy atom. The van der Waals surface area contributed by atoms with Crippen LogP contribution in [0.1, 0.15) is 18.6 Å². The van der Waals surface area contributed by atoms with E-state index in [9.17, 15) is 14.3 Å². The lowest BCUT2D eigenvalue weighted by Gasteiger charge is -2.13. The molecular weight excluding hydrogens is 215 g/mol. The summed E-state index contributed by atoms with van der Waals surface area (Å²) in [7, 11) is 0. The van der Waals surface area contributed by atoms with Crippen LogP contribution in [0.15, 0.2) is 24.3 Å². The predicted molar refractivity (Wildman–Crippen MR) is 55.1 cm³/mol. The number of hydrogen-bond donors (Lipinski definition) is 2. The second kappa shape index (κ2) is 5.46. The molecule has 2 N–H and O–H groups in total. The van der Waals surface area contributed by atoms with Crippen molar-refractivity contribution < 1.29 is 24.1 Å². The Kier molecular flexibility index (Phi) is 4.25. The number of rotatable bonds is 5. The zero-order valence-corrected chi connectivity index (χ0v) is 8.76. The minimum Gasteiger partial charge on any atom is -0.494 e. The molecule has 2 atom stereocenters. The molecule has 1 aromatic rings. The minimum absolute atomic E-state index is 0.181. The summed E-state index contributed by atoms with van der Waals surface area (Å²) in [4.78, 5) is 10.4. The molecule has 0 aliphatic carbocycles. The van der Waals surface area contributed by atoms with Crippen LogP contribution in [0.4, 0.5) is 4.39 Å². The van der Waals surface area contributed by atoms with E-state index in [1.165, 1.54) is 12.1 Å². The van der Waals surface area contributed by atoms with Crippen LogP contribution in [0.25, 0.3) is 0 Å². The van der Waals surface area contributed by atoms with Crippen LogP contribution in [0.3, 0.4) is 0 Å². The first kappa shape index (κ1) is 12.4. The average Bonchev–Trinajstić information content (AvgIpc) is 2.28. The molecule has 0 amide bonds. The Bertz CT molecular complexity index is 367. The van der Waals surface area contributed by atoms with Crippen LogP contribution < -0.4 is 4.74 Å². The summed E-state index contributed by atoms with van der Waals surface area (Å²) in [5.74, 6) is -1.22. The van der Waals surface area contributed by atoms with Crippen LogP contribution >= 0.6 is 0 Å². The number of carboxylic acid groups (broad SMARTS) is 1. The molecule has 2 unspecified atom stereocenters. The van der Waals surface area contributed by atoms with Gasteiger partial charge in [-0.2, -0.15) is 0 Å². The van der Waals surface area contributed by atoms with E-state index < -0.39 is 18.2 Å². The SMILES string of the molecule is CCOc1cccc(C(O)C(F)C(=O)O)c1. The van der Waals surface area contributed by atoms with Crippen LogP contribution in [-0.4, -0.2) is 29.0 Å². The van der Waals surface area contributed by atoms with Gasteiger partial charge < -0.3 is 14.9 Å². The number of aliphatic hydroxyl groups is 1. The Morgan fingerprint density at radius 2 is 2.25 bits per heavy atom. The van der Waals surface area contributed by atoms with E-state index in [1.807, 2.05) is 0 Å². The average molecular weight is 228 g/mol. The van der Waals surface area contributed by atoms with Gasteiger partial charge in [0, 0.05) is 0 Å². The number of hydrogen-bond acceptors (Lipinski definition) is 3. The minimum atomic E-state index is -2.34. The molecule has 0 fully saturated rings. The van der Waals surface area contributed by atoms with E-state index in [0.29, 0.717) is 12.4 Å². The molecule has 0 radical (unpaired) electrons. The van der Waals surface area contributed by atoms with Gasteiger partial charge in [-0.25, -0.2) is 9.18 Å². The summed E-state index contributed by atoms with van der Waals surface area (Å²) in [5, 5.41) is 17.9. The lowest BCUT2D eigenvalue weighted by Crippen LogP contribution is -2.23. The molecule has 0 aromatic heterocycles. The highest BCUT2D eigenvalue weighted by atomic mass is 19.1. The first-order chi connectivity index (χ1) is 7.56. The Morgan fingerprint density at radius 3 is 2.81 bits per heavy atom.